The topological polar surface area (TPSA) is 9.23 Å². The highest BCUT2D eigenvalue weighted by molar-refractivity contribution is 14.1. The number of halogens is 1. The largest absolute Gasteiger partial charge is 0.487 e. The summed E-state index contributed by atoms with van der Waals surface area (Å²) in [5, 5.41) is 2.30. The average Bonchev–Trinajstić information content (AvgIpc) is 2.56. The standard InChI is InChI=1S/C10H9IOS/c1-6-3-4-8(11)7-5-9(12-2)13-10(6)7/h3-5H,1-2H3. The highest BCUT2D eigenvalue weighted by Gasteiger charge is 2.06. The molecule has 2 aromatic rings. The molecular formula is C10H9IOS. The fraction of sp³-hybridized carbons (Fsp3) is 0.200. The Morgan fingerprint density at radius 1 is 1.38 bits per heavy atom. The van der Waals surface area contributed by atoms with Gasteiger partial charge in [0.1, 0.15) is 0 Å². The van der Waals surface area contributed by atoms with Gasteiger partial charge in [-0.15, -0.1) is 0 Å². The van der Waals surface area contributed by atoms with Crippen LogP contribution in [0.5, 0.6) is 5.06 Å². The summed E-state index contributed by atoms with van der Waals surface area (Å²) in [6.45, 7) is 2.13. The van der Waals surface area contributed by atoms with Crippen molar-refractivity contribution in [2.45, 2.75) is 6.92 Å². The van der Waals surface area contributed by atoms with Gasteiger partial charge in [0.2, 0.25) is 0 Å². The van der Waals surface area contributed by atoms with Crippen molar-refractivity contribution in [3.8, 4) is 5.06 Å². The Morgan fingerprint density at radius 3 is 2.77 bits per heavy atom. The molecule has 0 atom stereocenters. The predicted molar refractivity (Wildman–Crippen MR) is 65.8 cm³/mol. The molecule has 13 heavy (non-hydrogen) atoms. The minimum absolute atomic E-state index is 0.988. The molecule has 0 amide bonds. The predicted octanol–water partition coefficient (Wildman–Crippen LogP) is 3.82. The van der Waals surface area contributed by atoms with Crippen LogP contribution < -0.4 is 4.74 Å². The van der Waals surface area contributed by atoms with Gasteiger partial charge in [0.25, 0.3) is 0 Å². The van der Waals surface area contributed by atoms with Gasteiger partial charge >= 0.3 is 0 Å². The molecule has 2 rings (SSSR count). The number of thiophene rings is 1. The number of aryl methyl sites for hydroxylation is 1. The van der Waals surface area contributed by atoms with Crippen LogP contribution in [-0.2, 0) is 0 Å². The molecular weight excluding hydrogens is 295 g/mol. The molecule has 0 bridgehead atoms. The molecule has 1 nitrogen and oxygen atoms in total. The van der Waals surface area contributed by atoms with Gasteiger partial charge in [0, 0.05) is 19.7 Å². The number of rotatable bonds is 1. The summed E-state index contributed by atoms with van der Waals surface area (Å²) >= 11 is 4.07. The fourth-order valence-electron chi connectivity index (χ4n) is 1.30. The molecule has 0 radical (unpaired) electrons. The van der Waals surface area contributed by atoms with Crippen LogP contribution >= 0.6 is 33.9 Å². The Labute approximate surface area is 94.9 Å². The quantitative estimate of drug-likeness (QED) is 0.728. The summed E-state index contributed by atoms with van der Waals surface area (Å²) < 4.78 is 7.85. The molecule has 1 aromatic heterocycles. The first-order valence-corrected chi connectivity index (χ1v) is 5.84. The fourth-order valence-corrected chi connectivity index (χ4v) is 3.06. The van der Waals surface area contributed by atoms with Crippen molar-refractivity contribution < 1.29 is 4.74 Å². The third kappa shape index (κ3) is 1.55. The minimum Gasteiger partial charge on any atom is -0.487 e. The Morgan fingerprint density at radius 2 is 2.15 bits per heavy atom. The van der Waals surface area contributed by atoms with Gasteiger partial charge in [-0.05, 0) is 41.1 Å². The number of fused-ring (bicyclic) bond motifs is 1. The zero-order valence-corrected chi connectivity index (χ0v) is 10.4. The molecule has 1 aromatic carbocycles. The summed E-state index contributed by atoms with van der Waals surface area (Å²) in [6.07, 6.45) is 0. The minimum atomic E-state index is 0.988. The average molecular weight is 304 g/mol. The van der Waals surface area contributed by atoms with Crippen LogP contribution in [0.4, 0.5) is 0 Å². The first-order chi connectivity index (χ1) is 6.22. The van der Waals surface area contributed by atoms with Crippen LogP contribution in [0.25, 0.3) is 10.1 Å². The normalized spacial score (nSPS) is 10.7. The van der Waals surface area contributed by atoms with Crippen LogP contribution in [-0.4, -0.2) is 7.11 Å². The summed E-state index contributed by atoms with van der Waals surface area (Å²) in [5.41, 5.74) is 1.32. The van der Waals surface area contributed by atoms with Crippen LogP contribution in [0.2, 0.25) is 0 Å². The molecule has 1 heterocycles. The maximum absolute atomic E-state index is 5.22. The van der Waals surface area contributed by atoms with E-state index in [4.69, 9.17) is 4.74 Å². The molecule has 0 N–H and O–H groups in total. The molecule has 0 fully saturated rings. The van der Waals surface area contributed by atoms with E-state index >= 15 is 0 Å². The highest BCUT2D eigenvalue weighted by Crippen LogP contribution is 2.35. The Hall–Kier alpha value is -0.290. The number of hydrogen-bond acceptors (Lipinski definition) is 2. The molecule has 0 saturated heterocycles. The van der Waals surface area contributed by atoms with E-state index in [1.165, 1.54) is 19.2 Å². The SMILES string of the molecule is COc1cc2c(I)ccc(C)c2s1. The maximum Gasteiger partial charge on any atom is 0.174 e. The van der Waals surface area contributed by atoms with Gasteiger partial charge < -0.3 is 4.74 Å². The summed E-state index contributed by atoms with van der Waals surface area (Å²) in [7, 11) is 1.72. The molecule has 68 valence electrons. The van der Waals surface area contributed by atoms with Crippen molar-refractivity contribution in [1.29, 1.82) is 0 Å². The second kappa shape index (κ2) is 3.46. The van der Waals surface area contributed by atoms with Gasteiger partial charge in [-0.2, -0.15) is 0 Å². The first kappa shape index (κ1) is 9.27. The van der Waals surface area contributed by atoms with E-state index in [0.29, 0.717) is 0 Å². The van der Waals surface area contributed by atoms with E-state index in [1.54, 1.807) is 18.4 Å². The van der Waals surface area contributed by atoms with Crippen LogP contribution in [0.1, 0.15) is 5.56 Å². The number of benzene rings is 1. The Bertz CT molecular complexity index is 408. The second-order valence-corrected chi connectivity index (χ2v) is 5.05. The van der Waals surface area contributed by atoms with Crippen LogP contribution in [0, 0.1) is 10.5 Å². The molecule has 3 heteroatoms. The smallest absolute Gasteiger partial charge is 0.174 e. The lowest BCUT2D eigenvalue weighted by Crippen LogP contribution is -1.75. The summed E-state index contributed by atoms with van der Waals surface area (Å²) in [6, 6.07) is 6.40. The van der Waals surface area contributed by atoms with E-state index in [9.17, 15) is 0 Å². The van der Waals surface area contributed by atoms with Crippen molar-refractivity contribution in [2.24, 2.45) is 0 Å². The summed E-state index contributed by atoms with van der Waals surface area (Å²) in [4.78, 5) is 0. The number of methoxy groups -OCH3 is 1. The zero-order valence-electron chi connectivity index (χ0n) is 7.43. The monoisotopic (exact) mass is 304 g/mol. The molecule has 0 spiro atoms. The van der Waals surface area contributed by atoms with Gasteiger partial charge in [0.15, 0.2) is 5.06 Å². The van der Waals surface area contributed by atoms with E-state index in [2.05, 4.69) is 47.7 Å². The Balaban J connectivity index is 2.80. The van der Waals surface area contributed by atoms with Crippen molar-refractivity contribution in [2.75, 3.05) is 7.11 Å². The lowest BCUT2D eigenvalue weighted by molar-refractivity contribution is 0.427. The summed E-state index contributed by atoms with van der Waals surface area (Å²) in [5.74, 6) is 0. The molecule has 0 aliphatic carbocycles. The third-order valence-electron chi connectivity index (χ3n) is 2.01. The first-order valence-electron chi connectivity index (χ1n) is 3.95. The zero-order chi connectivity index (χ0) is 9.42. The second-order valence-electron chi connectivity index (χ2n) is 2.88. The lowest BCUT2D eigenvalue weighted by atomic mass is 10.2. The maximum atomic E-state index is 5.22. The van der Waals surface area contributed by atoms with E-state index < -0.39 is 0 Å². The van der Waals surface area contributed by atoms with Gasteiger partial charge in [0.05, 0.1) is 7.11 Å². The molecule has 0 unspecified atom stereocenters. The molecule has 0 aliphatic rings. The number of ether oxygens (including phenoxy) is 1. The van der Waals surface area contributed by atoms with E-state index in [1.807, 2.05) is 0 Å². The third-order valence-corrected chi connectivity index (χ3v) is 4.18. The van der Waals surface area contributed by atoms with Crippen LogP contribution in [0.15, 0.2) is 18.2 Å². The van der Waals surface area contributed by atoms with E-state index in [0.717, 1.165) is 5.06 Å². The number of hydrogen-bond donors (Lipinski definition) is 0. The van der Waals surface area contributed by atoms with Gasteiger partial charge in [-0.1, -0.05) is 17.4 Å². The van der Waals surface area contributed by atoms with Gasteiger partial charge in [-0.3, -0.25) is 0 Å². The van der Waals surface area contributed by atoms with Gasteiger partial charge in [-0.25, -0.2) is 0 Å². The van der Waals surface area contributed by atoms with Crippen LogP contribution in [0.3, 0.4) is 0 Å². The van der Waals surface area contributed by atoms with Crippen molar-refractivity contribution in [1.82, 2.24) is 0 Å². The van der Waals surface area contributed by atoms with Crippen molar-refractivity contribution in [3.63, 3.8) is 0 Å². The lowest BCUT2D eigenvalue weighted by Gasteiger charge is -1.96. The Kier molecular flexibility index (Phi) is 2.47. The van der Waals surface area contributed by atoms with E-state index in [-0.39, 0.29) is 0 Å². The van der Waals surface area contributed by atoms with Crippen molar-refractivity contribution >= 4 is 44.0 Å². The highest BCUT2D eigenvalue weighted by atomic mass is 127. The van der Waals surface area contributed by atoms with Crippen molar-refractivity contribution in [3.05, 3.63) is 27.3 Å². The molecule has 0 aliphatic heterocycles. The molecule has 0 saturated carbocycles.